The Morgan fingerprint density at radius 1 is 1.10 bits per heavy atom. The van der Waals surface area contributed by atoms with E-state index in [0.717, 1.165) is 50.3 Å². The molecule has 1 saturated heterocycles. The van der Waals surface area contributed by atoms with E-state index in [2.05, 4.69) is 27.1 Å². The number of halogens is 1. The lowest BCUT2D eigenvalue weighted by Crippen LogP contribution is -2.45. The molecule has 1 aliphatic rings. The van der Waals surface area contributed by atoms with Crippen LogP contribution < -0.4 is 5.32 Å². The molecule has 7 heteroatoms. The molecule has 0 radical (unpaired) electrons. The fraction of sp³-hybridized carbons (Fsp3) is 0.391. The lowest BCUT2D eigenvalue weighted by molar-refractivity contribution is 0.0945. The number of amides is 1. The fourth-order valence-electron chi connectivity index (χ4n) is 3.76. The van der Waals surface area contributed by atoms with E-state index in [1.807, 2.05) is 28.8 Å². The first-order valence-corrected chi connectivity index (χ1v) is 10.4. The highest BCUT2D eigenvalue weighted by atomic mass is 19.1. The number of nitrogens with zero attached hydrogens (tertiary/aromatic N) is 4. The average molecular weight is 410 g/mol. The van der Waals surface area contributed by atoms with E-state index in [1.165, 1.54) is 6.07 Å². The van der Waals surface area contributed by atoms with Crippen LogP contribution in [-0.2, 0) is 0 Å². The topological polar surface area (TPSA) is 52.9 Å². The summed E-state index contributed by atoms with van der Waals surface area (Å²) < 4.78 is 15.4. The Bertz CT molecular complexity index is 1040. The summed E-state index contributed by atoms with van der Waals surface area (Å²) in [7, 11) is 2.15. The highest BCUT2D eigenvalue weighted by Gasteiger charge is 2.14. The number of hydrogen-bond donors (Lipinski definition) is 1. The van der Waals surface area contributed by atoms with Crippen molar-refractivity contribution in [2.45, 2.75) is 13.3 Å². The Balaban J connectivity index is 1.36. The molecular formula is C23H28FN5O. The van der Waals surface area contributed by atoms with Crippen molar-refractivity contribution in [3.05, 3.63) is 59.8 Å². The lowest BCUT2D eigenvalue weighted by atomic mass is 10.1. The molecule has 3 heterocycles. The van der Waals surface area contributed by atoms with Crippen LogP contribution >= 0.6 is 0 Å². The normalized spacial score (nSPS) is 15.6. The molecule has 6 nitrogen and oxygen atoms in total. The number of nitrogens with one attached hydrogen (secondary N) is 1. The van der Waals surface area contributed by atoms with Gasteiger partial charge < -0.3 is 19.5 Å². The van der Waals surface area contributed by atoms with Gasteiger partial charge in [-0.3, -0.25) is 4.79 Å². The second kappa shape index (κ2) is 8.93. The van der Waals surface area contributed by atoms with Gasteiger partial charge >= 0.3 is 0 Å². The molecule has 0 spiro atoms. The van der Waals surface area contributed by atoms with Crippen molar-refractivity contribution in [3.63, 3.8) is 0 Å². The van der Waals surface area contributed by atoms with Crippen LogP contribution in [0.4, 0.5) is 4.39 Å². The van der Waals surface area contributed by atoms with Gasteiger partial charge in [-0.05, 0) is 67.9 Å². The highest BCUT2D eigenvalue weighted by molar-refractivity contribution is 5.92. The molecule has 0 unspecified atom stereocenters. The minimum atomic E-state index is -0.214. The number of fused-ring (bicyclic) bond motifs is 1. The van der Waals surface area contributed by atoms with E-state index in [9.17, 15) is 9.18 Å². The van der Waals surface area contributed by atoms with Crippen molar-refractivity contribution in [2.75, 3.05) is 46.3 Å². The first-order valence-electron chi connectivity index (χ1n) is 10.4. The second-order valence-electron chi connectivity index (χ2n) is 8.03. The number of aromatic nitrogens is 2. The average Bonchev–Trinajstić information content (AvgIpc) is 3.18. The number of piperazine rings is 1. The van der Waals surface area contributed by atoms with Crippen molar-refractivity contribution in [2.24, 2.45) is 0 Å². The van der Waals surface area contributed by atoms with Gasteiger partial charge in [-0.1, -0.05) is 6.07 Å². The summed E-state index contributed by atoms with van der Waals surface area (Å²) in [5.41, 5.74) is 3.60. The first kappa shape index (κ1) is 20.5. The van der Waals surface area contributed by atoms with Gasteiger partial charge in [0.25, 0.3) is 5.91 Å². The van der Waals surface area contributed by atoms with E-state index in [-0.39, 0.29) is 11.7 Å². The predicted molar refractivity (Wildman–Crippen MR) is 116 cm³/mol. The third-order valence-electron chi connectivity index (χ3n) is 5.71. The van der Waals surface area contributed by atoms with Gasteiger partial charge in [0.2, 0.25) is 0 Å². The third kappa shape index (κ3) is 4.68. The molecular weight excluding hydrogens is 381 g/mol. The van der Waals surface area contributed by atoms with Crippen LogP contribution in [0.25, 0.3) is 16.8 Å². The summed E-state index contributed by atoms with van der Waals surface area (Å²) in [5.74, 6) is -0.370. The molecule has 1 N–H and O–H groups in total. The van der Waals surface area contributed by atoms with Crippen LogP contribution in [0.15, 0.2) is 42.7 Å². The largest absolute Gasteiger partial charge is 0.351 e. The van der Waals surface area contributed by atoms with Crippen LogP contribution in [0, 0.1) is 12.7 Å². The molecule has 0 atom stereocenters. The Hall–Kier alpha value is -2.77. The Morgan fingerprint density at radius 3 is 2.63 bits per heavy atom. The molecule has 158 valence electrons. The molecule has 1 amide bonds. The maximum atomic E-state index is 13.5. The maximum absolute atomic E-state index is 13.5. The van der Waals surface area contributed by atoms with Crippen LogP contribution in [-0.4, -0.2) is 71.4 Å². The molecule has 30 heavy (non-hydrogen) atoms. The predicted octanol–water partition coefficient (Wildman–Crippen LogP) is 2.82. The number of carbonyl (C=O) groups excluding carboxylic acids is 1. The summed E-state index contributed by atoms with van der Waals surface area (Å²) in [4.78, 5) is 21.7. The smallest absolute Gasteiger partial charge is 0.271 e. The highest BCUT2D eigenvalue weighted by Crippen LogP contribution is 2.22. The monoisotopic (exact) mass is 409 g/mol. The maximum Gasteiger partial charge on any atom is 0.271 e. The number of carbonyl (C=O) groups is 1. The standard InChI is InChI=1S/C23H28FN5O/c1-17-14-18(4-6-20(17)24)19-5-7-22-26-21(16-29(22)15-19)23(30)25-8-3-9-28-12-10-27(2)11-13-28/h4-7,14-16H,3,8-13H2,1-2H3,(H,25,30). The number of pyridine rings is 1. The van der Waals surface area contributed by atoms with Gasteiger partial charge in [-0.15, -0.1) is 0 Å². The molecule has 0 aliphatic carbocycles. The van der Waals surface area contributed by atoms with Crippen LogP contribution in [0.1, 0.15) is 22.5 Å². The Kier molecular flexibility index (Phi) is 6.11. The molecule has 0 saturated carbocycles. The van der Waals surface area contributed by atoms with Gasteiger partial charge in [-0.2, -0.15) is 0 Å². The molecule has 1 aliphatic heterocycles. The number of rotatable bonds is 6. The molecule has 3 aromatic rings. The third-order valence-corrected chi connectivity index (χ3v) is 5.71. The van der Waals surface area contributed by atoms with Gasteiger partial charge in [0.05, 0.1) is 0 Å². The zero-order valence-corrected chi connectivity index (χ0v) is 17.6. The summed E-state index contributed by atoms with van der Waals surface area (Å²) in [6.07, 6.45) is 4.58. The van der Waals surface area contributed by atoms with E-state index < -0.39 is 0 Å². The summed E-state index contributed by atoms with van der Waals surface area (Å²) >= 11 is 0. The zero-order valence-electron chi connectivity index (χ0n) is 17.6. The van der Waals surface area contributed by atoms with Gasteiger partial charge in [-0.25, -0.2) is 9.37 Å². The minimum Gasteiger partial charge on any atom is -0.351 e. The van der Waals surface area contributed by atoms with E-state index in [0.29, 0.717) is 23.4 Å². The molecule has 1 aromatic carbocycles. The summed E-state index contributed by atoms with van der Waals surface area (Å²) in [6, 6.07) is 8.87. The number of aryl methyl sites for hydroxylation is 1. The lowest BCUT2D eigenvalue weighted by Gasteiger charge is -2.32. The minimum absolute atomic E-state index is 0.156. The van der Waals surface area contributed by atoms with E-state index >= 15 is 0 Å². The van der Waals surface area contributed by atoms with Crippen LogP contribution in [0.5, 0.6) is 0 Å². The van der Waals surface area contributed by atoms with Crippen molar-refractivity contribution in [3.8, 4) is 11.1 Å². The van der Waals surface area contributed by atoms with E-state index in [4.69, 9.17) is 0 Å². The quantitative estimate of drug-likeness (QED) is 0.636. The van der Waals surface area contributed by atoms with Crippen LogP contribution in [0.2, 0.25) is 0 Å². The first-order chi connectivity index (χ1) is 14.5. The van der Waals surface area contributed by atoms with Crippen molar-refractivity contribution in [1.82, 2.24) is 24.5 Å². The molecule has 0 bridgehead atoms. The van der Waals surface area contributed by atoms with Gasteiger partial charge in [0, 0.05) is 45.1 Å². The zero-order chi connectivity index (χ0) is 21.1. The second-order valence-corrected chi connectivity index (χ2v) is 8.03. The SMILES string of the molecule is Cc1cc(-c2ccc3nc(C(=O)NCCCN4CCN(C)CC4)cn3c2)ccc1F. The number of likely N-dealkylation sites (N-methyl/N-ethyl adjacent to an activating group) is 1. The number of imidazole rings is 1. The summed E-state index contributed by atoms with van der Waals surface area (Å²) in [5, 5.41) is 2.97. The van der Waals surface area contributed by atoms with Gasteiger partial charge in [0.15, 0.2) is 0 Å². The van der Waals surface area contributed by atoms with Crippen LogP contribution in [0.3, 0.4) is 0 Å². The van der Waals surface area contributed by atoms with Gasteiger partial charge in [0.1, 0.15) is 17.2 Å². The molecule has 4 rings (SSSR count). The Labute approximate surface area is 176 Å². The van der Waals surface area contributed by atoms with Crippen molar-refractivity contribution < 1.29 is 9.18 Å². The van der Waals surface area contributed by atoms with E-state index in [1.54, 1.807) is 19.2 Å². The number of hydrogen-bond acceptors (Lipinski definition) is 4. The van der Waals surface area contributed by atoms with Crippen molar-refractivity contribution >= 4 is 11.6 Å². The molecule has 2 aromatic heterocycles. The Morgan fingerprint density at radius 2 is 1.87 bits per heavy atom. The fourth-order valence-corrected chi connectivity index (χ4v) is 3.76. The van der Waals surface area contributed by atoms with Crippen molar-refractivity contribution in [1.29, 1.82) is 0 Å². The number of benzene rings is 1. The molecule has 1 fully saturated rings. The summed E-state index contributed by atoms with van der Waals surface area (Å²) in [6.45, 7) is 7.78.